The number of hydrogen-bond acceptors (Lipinski definition) is 4. The van der Waals surface area contributed by atoms with Crippen LogP contribution in [0.4, 0.5) is 0 Å². The number of nitrogens with one attached hydrogen (secondary N) is 1. The highest BCUT2D eigenvalue weighted by Crippen LogP contribution is 2.34. The van der Waals surface area contributed by atoms with E-state index >= 15 is 0 Å². The van der Waals surface area contributed by atoms with Crippen LogP contribution in [0.1, 0.15) is 121 Å². The molecule has 1 fully saturated rings. The maximum absolute atomic E-state index is 13.3. The number of carbonyl (C=O) groups is 1. The van der Waals surface area contributed by atoms with E-state index in [-0.39, 0.29) is 40.2 Å². The van der Waals surface area contributed by atoms with Gasteiger partial charge in [-0.2, -0.15) is 0 Å². The van der Waals surface area contributed by atoms with Crippen molar-refractivity contribution in [3.05, 3.63) is 0 Å². The van der Waals surface area contributed by atoms with Gasteiger partial charge >= 0.3 is 0 Å². The van der Waals surface area contributed by atoms with Crippen molar-refractivity contribution >= 4 is 5.91 Å². The van der Waals surface area contributed by atoms with E-state index in [0.717, 1.165) is 64.5 Å². The van der Waals surface area contributed by atoms with E-state index in [4.69, 9.17) is 9.47 Å². The standard InChI is InChI=1S/C28H56N2O3/c1-12-15-22(13-2)33-28(9,10)21-26(5,6)29-24(31)23-16-14-18-30(23)19-17-25(3,4)20-27(7,8)32-11/h22-23H,12-21H2,1-11H3,(H,29,31). The Bertz CT molecular complexity index is 598. The van der Waals surface area contributed by atoms with Crippen LogP contribution in [0.2, 0.25) is 0 Å². The molecular weight excluding hydrogens is 412 g/mol. The van der Waals surface area contributed by atoms with Crippen LogP contribution < -0.4 is 5.32 Å². The zero-order valence-electron chi connectivity index (χ0n) is 23.9. The topological polar surface area (TPSA) is 50.8 Å². The fraction of sp³-hybridized carbons (Fsp3) is 0.964. The van der Waals surface area contributed by atoms with Gasteiger partial charge in [0, 0.05) is 12.6 Å². The average molecular weight is 469 g/mol. The summed E-state index contributed by atoms with van der Waals surface area (Å²) in [6.07, 6.45) is 8.41. The summed E-state index contributed by atoms with van der Waals surface area (Å²) in [5.74, 6) is 0.170. The lowest BCUT2D eigenvalue weighted by Gasteiger charge is -2.39. The molecule has 1 aliphatic rings. The first-order valence-corrected chi connectivity index (χ1v) is 13.3. The Labute approximate surface area is 205 Å². The molecule has 1 rings (SSSR count). The van der Waals surface area contributed by atoms with E-state index in [1.165, 1.54) is 0 Å². The van der Waals surface area contributed by atoms with Gasteiger partial charge in [-0.15, -0.1) is 0 Å². The van der Waals surface area contributed by atoms with Crippen LogP contribution in [0.5, 0.6) is 0 Å². The zero-order valence-corrected chi connectivity index (χ0v) is 23.9. The van der Waals surface area contributed by atoms with Crippen molar-refractivity contribution in [2.45, 2.75) is 149 Å². The Balaban J connectivity index is 2.69. The summed E-state index contributed by atoms with van der Waals surface area (Å²) in [6.45, 7) is 23.9. The number of carbonyl (C=O) groups excluding carboxylic acids is 1. The Morgan fingerprint density at radius 3 is 2.21 bits per heavy atom. The first-order chi connectivity index (χ1) is 15.1. The molecule has 196 valence electrons. The molecule has 5 nitrogen and oxygen atoms in total. The van der Waals surface area contributed by atoms with Gasteiger partial charge in [-0.05, 0) is 105 Å². The van der Waals surface area contributed by atoms with Crippen molar-refractivity contribution in [2.75, 3.05) is 20.2 Å². The molecule has 1 saturated heterocycles. The summed E-state index contributed by atoms with van der Waals surface area (Å²) < 4.78 is 12.1. The number of ether oxygens (including phenoxy) is 2. The molecule has 1 N–H and O–H groups in total. The van der Waals surface area contributed by atoms with E-state index < -0.39 is 0 Å². The Morgan fingerprint density at radius 1 is 1.03 bits per heavy atom. The van der Waals surface area contributed by atoms with Gasteiger partial charge in [0.1, 0.15) is 0 Å². The molecule has 0 aromatic heterocycles. The summed E-state index contributed by atoms with van der Waals surface area (Å²) in [7, 11) is 1.79. The van der Waals surface area contributed by atoms with Gasteiger partial charge in [0.25, 0.3) is 0 Å². The highest BCUT2D eigenvalue weighted by Gasteiger charge is 2.37. The number of amides is 1. The molecule has 0 bridgehead atoms. The van der Waals surface area contributed by atoms with Crippen molar-refractivity contribution in [2.24, 2.45) is 5.41 Å². The molecule has 5 heteroatoms. The molecule has 0 saturated carbocycles. The van der Waals surface area contributed by atoms with Gasteiger partial charge in [0.05, 0.1) is 23.3 Å². The lowest BCUT2D eigenvalue weighted by Crippen LogP contribution is -2.54. The molecule has 0 aliphatic carbocycles. The molecule has 0 spiro atoms. The average Bonchev–Trinajstić information content (AvgIpc) is 3.12. The monoisotopic (exact) mass is 468 g/mol. The molecule has 1 heterocycles. The van der Waals surface area contributed by atoms with E-state index in [1.54, 1.807) is 7.11 Å². The Kier molecular flexibility index (Phi) is 11.4. The van der Waals surface area contributed by atoms with E-state index in [9.17, 15) is 4.79 Å². The molecule has 33 heavy (non-hydrogen) atoms. The third-order valence-corrected chi connectivity index (χ3v) is 7.08. The number of nitrogens with zero attached hydrogens (tertiary/aromatic N) is 1. The molecule has 0 aromatic rings. The van der Waals surface area contributed by atoms with Crippen molar-refractivity contribution in [3.63, 3.8) is 0 Å². The smallest absolute Gasteiger partial charge is 0.237 e. The lowest BCUT2D eigenvalue weighted by molar-refractivity contribution is -0.129. The van der Waals surface area contributed by atoms with E-state index in [1.807, 2.05) is 0 Å². The van der Waals surface area contributed by atoms with Gasteiger partial charge in [-0.1, -0.05) is 34.1 Å². The van der Waals surface area contributed by atoms with Crippen molar-refractivity contribution in [1.82, 2.24) is 10.2 Å². The minimum absolute atomic E-state index is 0.0250. The van der Waals surface area contributed by atoms with Crippen molar-refractivity contribution in [1.29, 1.82) is 0 Å². The number of methoxy groups -OCH3 is 1. The summed E-state index contributed by atoms with van der Waals surface area (Å²) in [5, 5.41) is 3.37. The van der Waals surface area contributed by atoms with Crippen LogP contribution >= 0.6 is 0 Å². The SMILES string of the molecule is CCCC(CC)OC(C)(C)CC(C)(C)NC(=O)C1CCCN1CCC(C)(C)CC(C)(C)OC. The van der Waals surface area contributed by atoms with Gasteiger partial charge in [-0.25, -0.2) is 0 Å². The maximum atomic E-state index is 13.3. The summed E-state index contributed by atoms with van der Waals surface area (Å²) in [6, 6.07) is -0.0250. The third-order valence-electron chi connectivity index (χ3n) is 7.08. The predicted octanol–water partition coefficient (Wildman–Crippen LogP) is 6.34. The molecule has 2 atom stereocenters. The van der Waals surface area contributed by atoms with Crippen LogP contribution in [0.25, 0.3) is 0 Å². The fourth-order valence-electron chi connectivity index (χ4n) is 5.84. The van der Waals surface area contributed by atoms with Gasteiger partial charge < -0.3 is 14.8 Å². The van der Waals surface area contributed by atoms with Gasteiger partial charge in [-0.3, -0.25) is 9.69 Å². The number of likely N-dealkylation sites (tertiary alicyclic amines) is 1. The largest absolute Gasteiger partial charge is 0.379 e. The number of rotatable bonds is 15. The minimum Gasteiger partial charge on any atom is -0.379 e. The third kappa shape index (κ3) is 11.1. The Morgan fingerprint density at radius 2 is 1.67 bits per heavy atom. The normalized spacial score (nSPS) is 19.7. The van der Waals surface area contributed by atoms with E-state index in [0.29, 0.717) is 0 Å². The molecule has 2 unspecified atom stereocenters. The van der Waals surface area contributed by atoms with Crippen molar-refractivity contribution < 1.29 is 14.3 Å². The second-order valence-corrected chi connectivity index (χ2v) is 13.0. The summed E-state index contributed by atoms with van der Waals surface area (Å²) in [5.41, 5.74) is -0.558. The highest BCUT2D eigenvalue weighted by atomic mass is 16.5. The lowest BCUT2D eigenvalue weighted by atomic mass is 9.79. The molecular formula is C28H56N2O3. The van der Waals surface area contributed by atoms with Crippen molar-refractivity contribution in [3.8, 4) is 0 Å². The quantitative estimate of drug-likeness (QED) is 0.305. The molecule has 0 aromatic carbocycles. The van der Waals surface area contributed by atoms with Crippen LogP contribution in [0, 0.1) is 5.41 Å². The highest BCUT2D eigenvalue weighted by molar-refractivity contribution is 5.82. The Hall–Kier alpha value is -0.650. The maximum Gasteiger partial charge on any atom is 0.237 e. The van der Waals surface area contributed by atoms with Gasteiger partial charge in [0.15, 0.2) is 0 Å². The predicted molar refractivity (Wildman–Crippen MR) is 140 cm³/mol. The minimum atomic E-state index is -0.318. The first kappa shape index (κ1) is 30.4. The van der Waals surface area contributed by atoms with Gasteiger partial charge in [0.2, 0.25) is 5.91 Å². The van der Waals surface area contributed by atoms with E-state index in [2.05, 4.69) is 79.5 Å². The molecule has 0 radical (unpaired) electrons. The second-order valence-electron chi connectivity index (χ2n) is 13.0. The molecule has 1 amide bonds. The number of hydrogen-bond donors (Lipinski definition) is 1. The molecule has 1 aliphatic heterocycles. The summed E-state index contributed by atoms with van der Waals surface area (Å²) in [4.78, 5) is 15.7. The summed E-state index contributed by atoms with van der Waals surface area (Å²) >= 11 is 0. The van der Waals surface area contributed by atoms with Crippen LogP contribution in [-0.4, -0.2) is 59.9 Å². The van der Waals surface area contributed by atoms with Crippen LogP contribution in [-0.2, 0) is 14.3 Å². The second kappa shape index (κ2) is 12.4. The fourth-order valence-corrected chi connectivity index (χ4v) is 5.84. The zero-order chi connectivity index (χ0) is 25.5. The van der Waals surface area contributed by atoms with Crippen LogP contribution in [0.3, 0.4) is 0 Å². The van der Waals surface area contributed by atoms with Crippen LogP contribution in [0.15, 0.2) is 0 Å². The first-order valence-electron chi connectivity index (χ1n) is 13.3.